The average molecular weight is 290 g/mol. The average Bonchev–Trinajstić information content (AvgIpc) is 2.83. The van der Waals surface area contributed by atoms with Crippen LogP contribution in [-0.2, 0) is 5.54 Å². The van der Waals surface area contributed by atoms with Crippen molar-refractivity contribution in [2.75, 3.05) is 32.8 Å². The Labute approximate surface area is 129 Å². The van der Waals surface area contributed by atoms with Gasteiger partial charge in [0.1, 0.15) is 0 Å². The van der Waals surface area contributed by atoms with Crippen molar-refractivity contribution in [3.63, 3.8) is 0 Å². The van der Waals surface area contributed by atoms with Crippen LogP contribution in [0.25, 0.3) is 0 Å². The molecule has 1 heterocycles. The van der Waals surface area contributed by atoms with E-state index < -0.39 is 0 Å². The Morgan fingerprint density at radius 2 is 2.00 bits per heavy atom. The molecule has 1 aliphatic rings. The Bertz CT molecular complexity index is 432. The number of hydrogen-bond acceptors (Lipinski definition) is 3. The molecular weight excluding hydrogens is 260 g/mol. The molecule has 0 bridgehead atoms. The highest BCUT2D eigenvalue weighted by atomic mass is 16.3. The summed E-state index contributed by atoms with van der Waals surface area (Å²) in [6, 6.07) is 10.4. The summed E-state index contributed by atoms with van der Waals surface area (Å²) in [6.45, 7) is 11.0. The van der Waals surface area contributed by atoms with Gasteiger partial charge < -0.3 is 15.3 Å². The molecule has 2 N–H and O–H groups in total. The molecule has 0 aromatic heterocycles. The maximum atomic E-state index is 10.2. The van der Waals surface area contributed by atoms with E-state index in [0.717, 1.165) is 32.6 Å². The fourth-order valence-corrected chi connectivity index (χ4v) is 3.31. The van der Waals surface area contributed by atoms with Crippen LogP contribution < -0.4 is 5.32 Å². The highest BCUT2D eigenvalue weighted by Gasteiger charge is 2.37. The number of benzene rings is 1. The quantitative estimate of drug-likeness (QED) is 0.810. The van der Waals surface area contributed by atoms with E-state index in [1.807, 2.05) is 6.07 Å². The summed E-state index contributed by atoms with van der Waals surface area (Å²) in [6.07, 6.45) is 2.30. The van der Waals surface area contributed by atoms with E-state index in [1.54, 1.807) is 0 Å². The van der Waals surface area contributed by atoms with Crippen molar-refractivity contribution in [1.82, 2.24) is 10.2 Å². The lowest BCUT2D eigenvalue weighted by Gasteiger charge is -2.37. The van der Waals surface area contributed by atoms with E-state index in [-0.39, 0.29) is 12.1 Å². The molecule has 1 aromatic carbocycles. The predicted octanol–water partition coefficient (Wildman–Crippen LogP) is 2.61. The topological polar surface area (TPSA) is 35.5 Å². The standard InChI is InChI=1S/C18H30N2O/c1-4-11-19-18(15-21,16-8-6-5-7-9-16)14-20-12-10-17(2,3)13-20/h5-9,19,21H,4,10-15H2,1-3H3. The Morgan fingerprint density at radius 1 is 1.29 bits per heavy atom. The lowest BCUT2D eigenvalue weighted by atomic mass is 9.89. The van der Waals surface area contributed by atoms with Crippen molar-refractivity contribution in [3.8, 4) is 0 Å². The maximum Gasteiger partial charge on any atom is 0.0797 e. The van der Waals surface area contributed by atoms with Crippen LogP contribution in [0.5, 0.6) is 0 Å². The highest BCUT2D eigenvalue weighted by Crippen LogP contribution is 2.32. The number of aliphatic hydroxyl groups excluding tert-OH is 1. The summed E-state index contributed by atoms with van der Waals surface area (Å²) in [5, 5.41) is 13.8. The molecule has 0 radical (unpaired) electrons. The van der Waals surface area contributed by atoms with Gasteiger partial charge in [-0.3, -0.25) is 0 Å². The Hall–Kier alpha value is -0.900. The summed E-state index contributed by atoms with van der Waals surface area (Å²) in [5.74, 6) is 0. The predicted molar refractivity (Wildman–Crippen MR) is 88.3 cm³/mol. The highest BCUT2D eigenvalue weighted by molar-refractivity contribution is 5.25. The van der Waals surface area contributed by atoms with Crippen molar-refractivity contribution in [2.24, 2.45) is 5.41 Å². The van der Waals surface area contributed by atoms with Gasteiger partial charge in [-0.25, -0.2) is 0 Å². The normalized spacial score (nSPS) is 21.3. The van der Waals surface area contributed by atoms with Gasteiger partial charge in [0.2, 0.25) is 0 Å². The number of aliphatic hydroxyl groups is 1. The summed E-state index contributed by atoms with van der Waals surface area (Å²) in [7, 11) is 0. The van der Waals surface area contributed by atoms with E-state index in [4.69, 9.17) is 0 Å². The first-order chi connectivity index (χ1) is 10.0. The molecule has 0 spiro atoms. The summed E-state index contributed by atoms with van der Waals surface area (Å²) < 4.78 is 0. The van der Waals surface area contributed by atoms with Crippen LogP contribution >= 0.6 is 0 Å². The van der Waals surface area contributed by atoms with E-state index in [2.05, 4.69) is 55.3 Å². The zero-order chi connectivity index (χ0) is 15.3. The third kappa shape index (κ3) is 4.06. The Kier molecular flexibility index (Phi) is 5.42. The zero-order valence-corrected chi connectivity index (χ0v) is 13.7. The number of likely N-dealkylation sites (tertiary alicyclic amines) is 1. The van der Waals surface area contributed by atoms with Crippen LogP contribution in [0.2, 0.25) is 0 Å². The largest absolute Gasteiger partial charge is 0.394 e. The zero-order valence-electron chi connectivity index (χ0n) is 13.7. The summed E-state index contributed by atoms with van der Waals surface area (Å²) >= 11 is 0. The SMILES string of the molecule is CCCNC(CO)(CN1CCC(C)(C)C1)c1ccccc1. The van der Waals surface area contributed by atoms with Crippen molar-refractivity contribution >= 4 is 0 Å². The van der Waals surface area contributed by atoms with E-state index in [0.29, 0.717) is 5.41 Å². The van der Waals surface area contributed by atoms with E-state index in [1.165, 1.54) is 12.0 Å². The second-order valence-electron chi connectivity index (χ2n) is 7.16. The van der Waals surface area contributed by atoms with Crippen LogP contribution in [-0.4, -0.2) is 42.8 Å². The van der Waals surface area contributed by atoms with Gasteiger partial charge in [-0.1, -0.05) is 51.1 Å². The van der Waals surface area contributed by atoms with Gasteiger partial charge in [0, 0.05) is 13.1 Å². The molecule has 118 valence electrons. The van der Waals surface area contributed by atoms with Crippen LogP contribution in [0, 0.1) is 5.41 Å². The minimum Gasteiger partial charge on any atom is -0.394 e. The van der Waals surface area contributed by atoms with Crippen LogP contribution in [0.1, 0.15) is 39.2 Å². The van der Waals surface area contributed by atoms with Gasteiger partial charge >= 0.3 is 0 Å². The lowest BCUT2D eigenvalue weighted by Crippen LogP contribution is -2.53. The number of nitrogens with zero attached hydrogens (tertiary/aromatic N) is 1. The first-order valence-electron chi connectivity index (χ1n) is 8.15. The first kappa shape index (κ1) is 16.5. The van der Waals surface area contributed by atoms with Crippen LogP contribution in [0.4, 0.5) is 0 Å². The second-order valence-corrected chi connectivity index (χ2v) is 7.16. The lowest BCUT2D eigenvalue weighted by molar-refractivity contribution is 0.113. The molecule has 21 heavy (non-hydrogen) atoms. The molecule has 1 unspecified atom stereocenters. The summed E-state index contributed by atoms with van der Waals surface area (Å²) in [5.41, 5.74) is 1.23. The second kappa shape index (κ2) is 6.91. The molecule has 1 aliphatic heterocycles. The van der Waals surface area contributed by atoms with Gasteiger partial charge in [0.15, 0.2) is 0 Å². The van der Waals surface area contributed by atoms with Crippen molar-refractivity contribution in [1.29, 1.82) is 0 Å². The van der Waals surface area contributed by atoms with Gasteiger partial charge in [0.05, 0.1) is 12.1 Å². The third-order valence-corrected chi connectivity index (χ3v) is 4.56. The fraction of sp³-hybridized carbons (Fsp3) is 0.667. The number of rotatable bonds is 7. The van der Waals surface area contributed by atoms with Gasteiger partial charge in [0.25, 0.3) is 0 Å². The molecule has 1 aromatic rings. The van der Waals surface area contributed by atoms with E-state index >= 15 is 0 Å². The van der Waals surface area contributed by atoms with Crippen LogP contribution in [0.3, 0.4) is 0 Å². The Balaban J connectivity index is 2.19. The van der Waals surface area contributed by atoms with E-state index in [9.17, 15) is 5.11 Å². The molecule has 2 rings (SSSR count). The smallest absolute Gasteiger partial charge is 0.0797 e. The van der Waals surface area contributed by atoms with Crippen LogP contribution in [0.15, 0.2) is 30.3 Å². The molecule has 3 heteroatoms. The van der Waals surface area contributed by atoms with Gasteiger partial charge in [-0.15, -0.1) is 0 Å². The summed E-state index contributed by atoms with van der Waals surface area (Å²) in [4.78, 5) is 2.49. The molecule has 0 amide bonds. The molecular formula is C18H30N2O. The monoisotopic (exact) mass is 290 g/mol. The number of hydrogen-bond donors (Lipinski definition) is 2. The third-order valence-electron chi connectivity index (χ3n) is 4.56. The van der Waals surface area contributed by atoms with Gasteiger partial charge in [-0.05, 0) is 36.9 Å². The molecule has 0 saturated carbocycles. The molecule has 0 aliphatic carbocycles. The fourth-order valence-electron chi connectivity index (χ4n) is 3.31. The molecule has 1 atom stereocenters. The maximum absolute atomic E-state index is 10.2. The molecule has 1 fully saturated rings. The first-order valence-corrected chi connectivity index (χ1v) is 8.15. The minimum absolute atomic E-state index is 0.133. The van der Waals surface area contributed by atoms with Crippen molar-refractivity contribution in [3.05, 3.63) is 35.9 Å². The molecule has 3 nitrogen and oxygen atoms in total. The van der Waals surface area contributed by atoms with Crippen molar-refractivity contribution < 1.29 is 5.11 Å². The number of nitrogens with one attached hydrogen (secondary N) is 1. The molecule has 1 saturated heterocycles. The van der Waals surface area contributed by atoms with Crippen molar-refractivity contribution in [2.45, 2.75) is 39.2 Å². The Morgan fingerprint density at radius 3 is 2.52 bits per heavy atom. The van der Waals surface area contributed by atoms with Gasteiger partial charge in [-0.2, -0.15) is 0 Å². The minimum atomic E-state index is -0.350.